The van der Waals surface area contributed by atoms with Crippen molar-refractivity contribution in [3.8, 4) is 0 Å². The second kappa shape index (κ2) is 6.55. The molecule has 0 saturated carbocycles. The molecule has 3 nitrogen and oxygen atoms in total. The normalized spacial score (nSPS) is 9.63. The molecule has 0 saturated heterocycles. The molecule has 1 heterocycles. The number of aromatic nitrogens is 1. The molecule has 0 atom stereocenters. The van der Waals surface area contributed by atoms with Gasteiger partial charge in [0.1, 0.15) is 0 Å². The van der Waals surface area contributed by atoms with E-state index in [1.165, 1.54) is 0 Å². The van der Waals surface area contributed by atoms with Crippen LogP contribution in [-0.2, 0) is 0 Å². The predicted molar refractivity (Wildman–Crippen MR) is 80.4 cm³/mol. The van der Waals surface area contributed by atoms with Crippen molar-refractivity contribution in [3.63, 3.8) is 0 Å². The van der Waals surface area contributed by atoms with Gasteiger partial charge in [0.2, 0.25) is 0 Å². The second-order valence-electron chi connectivity index (χ2n) is 4.13. The van der Waals surface area contributed by atoms with Crippen LogP contribution in [0.4, 0.5) is 5.69 Å². The summed E-state index contributed by atoms with van der Waals surface area (Å²) in [5, 5.41) is 3.37. The zero-order chi connectivity index (χ0) is 13.1. The maximum absolute atomic E-state index is 12.0. The van der Waals surface area contributed by atoms with Crippen molar-refractivity contribution in [3.05, 3.63) is 58.4 Å². The molecule has 1 aromatic carbocycles. The van der Waals surface area contributed by atoms with E-state index < -0.39 is 0 Å². The molecule has 100 valence electrons. The lowest BCUT2D eigenvalue weighted by Gasteiger charge is -2.11. The molecule has 1 N–H and O–H groups in total. The highest BCUT2D eigenvalue weighted by Crippen LogP contribution is 2.27. The van der Waals surface area contributed by atoms with Crippen LogP contribution in [0.15, 0.2) is 36.7 Å². The van der Waals surface area contributed by atoms with Crippen LogP contribution in [0, 0.1) is 13.8 Å². The van der Waals surface area contributed by atoms with E-state index in [2.05, 4.69) is 10.3 Å². The van der Waals surface area contributed by atoms with Gasteiger partial charge < -0.3 is 5.32 Å². The third-order valence-corrected chi connectivity index (χ3v) is 2.91. The fraction of sp³-hybridized carbons (Fsp3) is 0.143. The van der Waals surface area contributed by atoms with Crippen molar-refractivity contribution in [2.75, 3.05) is 5.32 Å². The number of amides is 1. The van der Waals surface area contributed by atoms with Gasteiger partial charge in [-0.25, -0.2) is 0 Å². The first kappa shape index (κ1) is 15.5. The van der Waals surface area contributed by atoms with Gasteiger partial charge in [0.25, 0.3) is 5.91 Å². The van der Waals surface area contributed by atoms with Gasteiger partial charge in [0.15, 0.2) is 0 Å². The number of carbonyl (C=O) groups excluding carboxylic acids is 1. The Morgan fingerprint density at radius 3 is 2.42 bits per heavy atom. The molecular formula is C14H14Cl2N2O. The Kier molecular flexibility index (Phi) is 5.33. The lowest BCUT2D eigenvalue weighted by atomic mass is 10.1. The van der Waals surface area contributed by atoms with E-state index in [1.807, 2.05) is 26.0 Å². The SMILES string of the molecule is Cc1cc(C)c(NC(=O)c2ccncc2)c(Cl)c1.Cl. The molecule has 0 aliphatic heterocycles. The summed E-state index contributed by atoms with van der Waals surface area (Å²) < 4.78 is 0. The number of nitrogens with zero attached hydrogens (tertiary/aromatic N) is 1. The Bertz CT molecular complexity index is 562. The van der Waals surface area contributed by atoms with Gasteiger partial charge in [-0.2, -0.15) is 0 Å². The number of hydrogen-bond acceptors (Lipinski definition) is 2. The molecule has 2 rings (SSSR count). The summed E-state index contributed by atoms with van der Waals surface area (Å²) in [6.45, 7) is 3.88. The Labute approximate surface area is 123 Å². The van der Waals surface area contributed by atoms with Gasteiger partial charge >= 0.3 is 0 Å². The van der Waals surface area contributed by atoms with Gasteiger partial charge in [-0.05, 0) is 43.2 Å². The predicted octanol–water partition coefficient (Wildman–Crippen LogP) is 4.03. The van der Waals surface area contributed by atoms with Crippen molar-refractivity contribution < 1.29 is 4.79 Å². The van der Waals surface area contributed by atoms with Crippen molar-refractivity contribution >= 4 is 35.6 Å². The monoisotopic (exact) mass is 296 g/mol. The highest BCUT2D eigenvalue weighted by atomic mass is 35.5. The summed E-state index contributed by atoms with van der Waals surface area (Å²) in [4.78, 5) is 15.9. The fourth-order valence-corrected chi connectivity index (χ4v) is 2.13. The van der Waals surface area contributed by atoms with E-state index in [4.69, 9.17) is 11.6 Å². The molecule has 0 fully saturated rings. The minimum Gasteiger partial charge on any atom is -0.320 e. The zero-order valence-corrected chi connectivity index (χ0v) is 12.2. The number of benzene rings is 1. The van der Waals surface area contributed by atoms with Crippen molar-refractivity contribution in [2.45, 2.75) is 13.8 Å². The Morgan fingerprint density at radius 2 is 1.84 bits per heavy atom. The lowest BCUT2D eigenvalue weighted by Crippen LogP contribution is -2.13. The minimum absolute atomic E-state index is 0. The van der Waals surface area contributed by atoms with E-state index >= 15 is 0 Å². The number of halogens is 2. The molecule has 2 aromatic rings. The first-order chi connectivity index (χ1) is 8.58. The zero-order valence-electron chi connectivity index (χ0n) is 10.6. The van der Waals surface area contributed by atoms with Crippen LogP contribution < -0.4 is 5.32 Å². The van der Waals surface area contributed by atoms with Crippen LogP contribution in [0.25, 0.3) is 0 Å². The van der Waals surface area contributed by atoms with Gasteiger partial charge in [-0.1, -0.05) is 17.7 Å². The highest BCUT2D eigenvalue weighted by Gasteiger charge is 2.10. The van der Waals surface area contributed by atoms with Crippen LogP contribution in [0.2, 0.25) is 5.02 Å². The summed E-state index contributed by atoms with van der Waals surface area (Å²) in [5.41, 5.74) is 3.23. The van der Waals surface area contributed by atoms with E-state index in [9.17, 15) is 4.79 Å². The molecule has 0 radical (unpaired) electrons. The topological polar surface area (TPSA) is 42.0 Å². The molecule has 0 bridgehead atoms. The standard InChI is InChI=1S/C14H13ClN2O.ClH/c1-9-7-10(2)13(12(15)8-9)17-14(18)11-3-5-16-6-4-11;/h3-8H,1-2H3,(H,17,18);1H. The minimum atomic E-state index is -0.189. The smallest absolute Gasteiger partial charge is 0.255 e. The van der Waals surface area contributed by atoms with E-state index in [-0.39, 0.29) is 18.3 Å². The van der Waals surface area contributed by atoms with Gasteiger partial charge in [-0.15, -0.1) is 12.4 Å². The summed E-state index contributed by atoms with van der Waals surface area (Å²) in [6, 6.07) is 7.13. The first-order valence-electron chi connectivity index (χ1n) is 5.56. The van der Waals surface area contributed by atoms with Crippen LogP contribution in [0.5, 0.6) is 0 Å². The van der Waals surface area contributed by atoms with Crippen molar-refractivity contribution in [1.82, 2.24) is 4.98 Å². The summed E-state index contributed by atoms with van der Waals surface area (Å²) in [5.74, 6) is -0.189. The fourth-order valence-electron chi connectivity index (χ4n) is 1.76. The summed E-state index contributed by atoms with van der Waals surface area (Å²) in [6.07, 6.45) is 3.16. The molecule has 0 aliphatic carbocycles. The quantitative estimate of drug-likeness (QED) is 0.909. The molecule has 1 amide bonds. The second-order valence-corrected chi connectivity index (χ2v) is 4.54. The number of pyridine rings is 1. The molecule has 19 heavy (non-hydrogen) atoms. The molecule has 0 aliphatic rings. The number of nitrogens with one attached hydrogen (secondary N) is 1. The van der Waals surface area contributed by atoms with Crippen molar-refractivity contribution in [1.29, 1.82) is 0 Å². The molecule has 1 aromatic heterocycles. The first-order valence-corrected chi connectivity index (χ1v) is 5.94. The third kappa shape index (κ3) is 3.69. The number of carbonyl (C=O) groups is 1. The van der Waals surface area contributed by atoms with Crippen LogP contribution >= 0.6 is 24.0 Å². The van der Waals surface area contributed by atoms with E-state index in [1.54, 1.807) is 24.5 Å². The Hall–Kier alpha value is -1.58. The largest absolute Gasteiger partial charge is 0.320 e. The summed E-state index contributed by atoms with van der Waals surface area (Å²) in [7, 11) is 0. The number of aryl methyl sites for hydroxylation is 2. The lowest BCUT2D eigenvalue weighted by molar-refractivity contribution is 0.102. The van der Waals surface area contributed by atoms with Gasteiger partial charge in [0, 0.05) is 18.0 Å². The van der Waals surface area contributed by atoms with Gasteiger partial charge in [-0.3, -0.25) is 9.78 Å². The third-order valence-electron chi connectivity index (χ3n) is 2.61. The Morgan fingerprint density at radius 1 is 1.21 bits per heavy atom. The van der Waals surface area contributed by atoms with Crippen LogP contribution in [0.3, 0.4) is 0 Å². The maximum Gasteiger partial charge on any atom is 0.255 e. The highest BCUT2D eigenvalue weighted by molar-refractivity contribution is 6.34. The number of rotatable bonds is 2. The van der Waals surface area contributed by atoms with Crippen molar-refractivity contribution in [2.24, 2.45) is 0 Å². The Balaban J connectivity index is 0.00000180. The van der Waals surface area contributed by atoms with Crippen LogP contribution in [0.1, 0.15) is 21.5 Å². The number of hydrogen-bond donors (Lipinski definition) is 1. The molecular weight excluding hydrogens is 283 g/mol. The van der Waals surface area contributed by atoms with Crippen LogP contribution in [-0.4, -0.2) is 10.9 Å². The summed E-state index contributed by atoms with van der Waals surface area (Å²) >= 11 is 6.14. The van der Waals surface area contributed by atoms with E-state index in [0.717, 1.165) is 11.1 Å². The van der Waals surface area contributed by atoms with Gasteiger partial charge in [0.05, 0.1) is 10.7 Å². The molecule has 0 unspecified atom stereocenters. The molecule has 0 spiro atoms. The maximum atomic E-state index is 12.0. The average molecular weight is 297 g/mol. The average Bonchev–Trinajstić information content (AvgIpc) is 2.34. The van der Waals surface area contributed by atoms with E-state index in [0.29, 0.717) is 16.3 Å². The number of anilines is 1. The molecule has 5 heteroatoms.